The molecule has 0 atom stereocenters. The third-order valence-electron chi connectivity index (χ3n) is 0. The van der Waals surface area contributed by atoms with Crippen LogP contribution in [0, 0.1) is 0 Å². The second kappa shape index (κ2) is 80.2. The molecule has 0 aromatic heterocycles. The average Bonchev–Trinajstić information content (AvgIpc) is 0. The van der Waals surface area contributed by atoms with Crippen LogP contribution in [0.5, 0.6) is 0 Å². The smallest absolute Gasteiger partial charge is 1.00 e. The first-order chi connectivity index (χ1) is 0. The minimum Gasteiger partial charge on any atom is -1.00 e. The van der Waals surface area contributed by atoms with Crippen molar-refractivity contribution in [3.63, 3.8) is 0 Å². The molecule has 54 valence electrons. The zero-order chi connectivity index (χ0) is 0. The normalized spacial score (nSPS) is 0. The molecule has 0 amide bonds. The van der Waals surface area contributed by atoms with E-state index in [4.69, 9.17) is 0 Å². The maximum atomic E-state index is 0. The predicted molar refractivity (Wildman–Crippen MR) is 0 cm³/mol. The number of hydrogen-bond acceptors (Lipinski definition) is 0. The summed E-state index contributed by atoms with van der Waals surface area (Å²) in [5.74, 6) is 0. The van der Waals surface area contributed by atoms with Crippen molar-refractivity contribution in [3.8, 4) is 0 Å². The fourth-order valence-electron chi connectivity index (χ4n) is 0. The van der Waals surface area contributed by atoms with E-state index in [0.29, 0.717) is 0 Å². The average molecular weight is 405 g/mol. The van der Waals surface area contributed by atoms with E-state index in [1.807, 2.05) is 0 Å². The number of hydrogen-bond donors (Lipinski definition) is 0. The monoisotopic (exact) mass is 403 g/mol. The molecule has 0 bridgehead atoms. The molecule has 0 spiro atoms. The molecule has 0 rings (SSSR count). The predicted octanol–water partition coefficient (Wildman–Crippen LogP) is -18.0. The van der Waals surface area contributed by atoms with Crippen LogP contribution in [-0.2, 0) is 20.1 Å². The van der Waals surface area contributed by atoms with Crippen LogP contribution in [0.25, 0.3) is 0 Å². The molecule has 7 heteroatoms. The van der Waals surface area contributed by atoms with Gasteiger partial charge in [0.15, 0.2) is 0 Å². The van der Waals surface area contributed by atoms with Crippen LogP contribution < -0.4 is 74.4 Å². The van der Waals surface area contributed by atoms with Gasteiger partial charge in [-0.15, -0.1) is 0 Å². The van der Waals surface area contributed by atoms with Gasteiger partial charge in [-0.05, 0) is 0 Å². The summed E-state index contributed by atoms with van der Waals surface area (Å²) < 4.78 is 0. The molecule has 0 fully saturated rings. The summed E-state index contributed by atoms with van der Waals surface area (Å²) in [4.78, 5) is 0. The number of halogens is 6. The van der Waals surface area contributed by atoms with Gasteiger partial charge >= 0.3 is 20.1 Å². The Kier molecular flexibility index (Phi) is 1330. The second-order valence-corrected chi connectivity index (χ2v) is 0. The van der Waals surface area contributed by atoms with Gasteiger partial charge in [0.05, 0.1) is 0 Å². The van der Waals surface area contributed by atoms with E-state index in [0.717, 1.165) is 0 Å². The van der Waals surface area contributed by atoms with Gasteiger partial charge in [0.2, 0.25) is 0 Å². The van der Waals surface area contributed by atoms with Gasteiger partial charge in [0.1, 0.15) is 0 Å². The van der Waals surface area contributed by atoms with Crippen LogP contribution in [0.2, 0.25) is 0 Å². The van der Waals surface area contributed by atoms with Crippen molar-refractivity contribution in [3.05, 3.63) is 0 Å². The van der Waals surface area contributed by atoms with Crippen LogP contribution >= 0.6 is 0 Å². The summed E-state index contributed by atoms with van der Waals surface area (Å²) in [7, 11) is 0. The van der Waals surface area contributed by atoms with E-state index in [2.05, 4.69) is 0 Å². The Morgan fingerprint density at radius 2 is 0.286 bits per heavy atom. The molecule has 0 aliphatic carbocycles. The van der Waals surface area contributed by atoms with Gasteiger partial charge in [-0.3, -0.25) is 0 Å². The first kappa shape index (κ1) is 116. The Morgan fingerprint density at radius 3 is 0.286 bits per heavy atom. The molecule has 0 unspecified atom stereocenters. The Balaban J connectivity index is 0. The molecule has 0 saturated carbocycles. The fraction of sp³-hybridized carbons (Fsp3) is 0. The van der Waals surface area contributed by atoms with E-state index in [-0.39, 0.29) is 94.5 Å². The molecule has 0 saturated heterocycles. The van der Waals surface area contributed by atoms with Gasteiger partial charge in [-0.1, -0.05) is 0 Å². The Hall–Kier alpha value is 2.39. The summed E-state index contributed by atoms with van der Waals surface area (Å²) in [6.45, 7) is 0. The molecular formula is Cl6Ir-3. The standard InChI is InChI=1S/6ClH.Ir/h6*1H;/q;;;;;;+3/p-6. The quantitative estimate of drug-likeness (QED) is 0.376. The molecule has 0 N–H and O–H groups in total. The van der Waals surface area contributed by atoms with Crippen molar-refractivity contribution >= 4 is 0 Å². The molecule has 0 aliphatic rings. The molecule has 0 radical (unpaired) electrons. The van der Waals surface area contributed by atoms with Crippen LogP contribution in [-0.4, -0.2) is 0 Å². The van der Waals surface area contributed by atoms with E-state index in [1.165, 1.54) is 0 Å². The minimum absolute atomic E-state index is 0. The van der Waals surface area contributed by atoms with Crippen molar-refractivity contribution in [1.82, 2.24) is 0 Å². The van der Waals surface area contributed by atoms with E-state index < -0.39 is 0 Å². The second-order valence-electron chi connectivity index (χ2n) is 0. The van der Waals surface area contributed by atoms with Gasteiger partial charge in [-0.25, -0.2) is 0 Å². The van der Waals surface area contributed by atoms with Crippen molar-refractivity contribution in [1.29, 1.82) is 0 Å². The summed E-state index contributed by atoms with van der Waals surface area (Å²) in [6.07, 6.45) is 0. The van der Waals surface area contributed by atoms with Crippen molar-refractivity contribution < 1.29 is 94.5 Å². The van der Waals surface area contributed by atoms with Crippen LogP contribution in [0.4, 0.5) is 0 Å². The first-order valence-corrected chi connectivity index (χ1v) is 0. The zero-order valence-electron chi connectivity index (χ0n) is 2.60. The summed E-state index contributed by atoms with van der Waals surface area (Å²) in [5.41, 5.74) is 0. The Bertz CT molecular complexity index is 4.14. The SMILES string of the molecule is [Cl-].[Cl-].[Cl-].[Cl-].[Cl-].[Cl-].[Ir+3]. The number of rotatable bonds is 0. The maximum Gasteiger partial charge on any atom is 3.00 e. The summed E-state index contributed by atoms with van der Waals surface area (Å²) in [5, 5.41) is 0. The molecular weight excluding hydrogens is 405 g/mol. The van der Waals surface area contributed by atoms with Crippen LogP contribution in [0.1, 0.15) is 0 Å². The molecule has 0 aromatic carbocycles. The summed E-state index contributed by atoms with van der Waals surface area (Å²) >= 11 is 0. The molecule has 0 heterocycles. The zero-order valence-corrected chi connectivity index (χ0v) is 9.53. The Labute approximate surface area is 93.8 Å². The van der Waals surface area contributed by atoms with Gasteiger partial charge in [0, 0.05) is 0 Å². The van der Waals surface area contributed by atoms with Gasteiger partial charge < -0.3 is 74.4 Å². The van der Waals surface area contributed by atoms with Crippen molar-refractivity contribution in [2.45, 2.75) is 0 Å². The van der Waals surface area contributed by atoms with Crippen LogP contribution in [0.3, 0.4) is 0 Å². The third-order valence-corrected chi connectivity index (χ3v) is 0. The van der Waals surface area contributed by atoms with Crippen molar-refractivity contribution in [2.24, 2.45) is 0 Å². The van der Waals surface area contributed by atoms with Gasteiger partial charge in [0.25, 0.3) is 0 Å². The maximum absolute atomic E-state index is 0. The molecule has 0 nitrogen and oxygen atoms in total. The molecule has 7 heavy (non-hydrogen) atoms. The Morgan fingerprint density at radius 1 is 0.286 bits per heavy atom. The van der Waals surface area contributed by atoms with E-state index >= 15 is 0 Å². The van der Waals surface area contributed by atoms with Crippen LogP contribution in [0.15, 0.2) is 0 Å². The summed E-state index contributed by atoms with van der Waals surface area (Å²) in [6, 6.07) is 0. The molecule has 0 aromatic rings. The van der Waals surface area contributed by atoms with Crippen molar-refractivity contribution in [2.75, 3.05) is 0 Å². The van der Waals surface area contributed by atoms with Gasteiger partial charge in [-0.2, -0.15) is 0 Å². The third kappa shape index (κ3) is 60.0. The minimum atomic E-state index is 0. The first-order valence-electron chi connectivity index (χ1n) is 0. The van der Waals surface area contributed by atoms with E-state index in [9.17, 15) is 0 Å². The molecule has 0 aliphatic heterocycles. The topological polar surface area (TPSA) is 0 Å². The fourth-order valence-corrected chi connectivity index (χ4v) is 0. The van der Waals surface area contributed by atoms with E-state index in [1.54, 1.807) is 0 Å². The largest absolute Gasteiger partial charge is 3.00 e.